The van der Waals surface area contributed by atoms with Gasteiger partial charge in [-0.1, -0.05) is 54.1 Å². The van der Waals surface area contributed by atoms with Gasteiger partial charge < -0.3 is 24.8 Å². The van der Waals surface area contributed by atoms with Crippen molar-refractivity contribution < 1.29 is 28.6 Å². The first kappa shape index (κ1) is 27.0. The van der Waals surface area contributed by atoms with E-state index in [0.29, 0.717) is 10.6 Å². The lowest BCUT2D eigenvalue weighted by molar-refractivity contribution is -0.147. The Bertz CT molecular complexity index is 960. The number of amides is 2. The highest BCUT2D eigenvalue weighted by Crippen LogP contribution is 2.28. The lowest BCUT2D eigenvalue weighted by atomic mass is 9.87. The molecule has 2 aromatic carbocycles. The molecule has 0 fully saturated rings. The van der Waals surface area contributed by atoms with E-state index < -0.39 is 41.8 Å². The van der Waals surface area contributed by atoms with Crippen LogP contribution in [0.1, 0.15) is 44.9 Å². The number of carbonyl (C=O) groups excluding carboxylic acids is 3. The molecule has 184 valence electrons. The van der Waals surface area contributed by atoms with Gasteiger partial charge in [-0.15, -0.1) is 0 Å². The Morgan fingerprint density at radius 1 is 0.941 bits per heavy atom. The van der Waals surface area contributed by atoms with Crippen molar-refractivity contribution in [2.24, 2.45) is 5.92 Å². The molecule has 0 spiro atoms. The number of ether oxygens (including phenoxy) is 3. The van der Waals surface area contributed by atoms with Gasteiger partial charge >= 0.3 is 18.2 Å². The number of halogens is 1. The Hall–Kier alpha value is -3.26. The van der Waals surface area contributed by atoms with E-state index in [0.717, 1.165) is 5.56 Å². The molecule has 0 heterocycles. The van der Waals surface area contributed by atoms with E-state index >= 15 is 0 Å². The molecule has 2 N–H and O–H groups in total. The normalized spacial score (nSPS) is 13.7. The standard InChI is InChI=1S/C25H31ClN2O6/c1-16(27-23(30)33-15-17-9-7-6-8-10-17)20(22(29)32-5)21(18-11-13-19(26)14-12-18)28-24(31)34-25(2,3)4/h6-14,16,20-21H,15H2,1-5H3,(H,27,30)(H,28,31)/t16-,20-,21-/m0/s1. The molecule has 9 heteroatoms. The van der Waals surface area contributed by atoms with Gasteiger partial charge in [0.1, 0.15) is 18.1 Å². The van der Waals surface area contributed by atoms with Crippen molar-refractivity contribution in [3.8, 4) is 0 Å². The molecule has 0 aliphatic rings. The number of esters is 1. The molecule has 8 nitrogen and oxygen atoms in total. The number of nitrogens with one attached hydrogen (secondary N) is 2. The van der Waals surface area contributed by atoms with Crippen molar-refractivity contribution in [2.75, 3.05) is 7.11 Å². The molecule has 2 aromatic rings. The zero-order valence-electron chi connectivity index (χ0n) is 20.0. The summed E-state index contributed by atoms with van der Waals surface area (Å²) in [6, 6.07) is 14.2. The average molecular weight is 491 g/mol. The molecule has 0 aliphatic carbocycles. The number of rotatable bonds is 8. The van der Waals surface area contributed by atoms with Crippen LogP contribution in [0.5, 0.6) is 0 Å². The first-order valence-corrected chi connectivity index (χ1v) is 11.2. The van der Waals surface area contributed by atoms with Gasteiger partial charge in [0.15, 0.2) is 0 Å². The first-order valence-electron chi connectivity index (χ1n) is 10.8. The molecule has 0 radical (unpaired) electrons. The molecule has 2 rings (SSSR count). The molecule has 0 bridgehead atoms. The highest BCUT2D eigenvalue weighted by molar-refractivity contribution is 6.30. The summed E-state index contributed by atoms with van der Waals surface area (Å²) >= 11 is 6.02. The quantitative estimate of drug-likeness (QED) is 0.398. The van der Waals surface area contributed by atoms with Crippen molar-refractivity contribution >= 4 is 29.8 Å². The third-order valence-electron chi connectivity index (χ3n) is 4.83. The third kappa shape index (κ3) is 8.59. The van der Waals surface area contributed by atoms with Gasteiger partial charge in [0.05, 0.1) is 13.2 Å². The maximum atomic E-state index is 12.8. The van der Waals surface area contributed by atoms with Crippen LogP contribution in [-0.2, 0) is 25.6 Å². The van der Waals surface area contributed by atoms with E-state index in [1.165, 1.54) is 7.11 Å². The van der Waals surface area contributed by atoms with Crippen LogP contribution in [0, 0.1) is 5.92 Å². The Kier molecular flexibility index (Phi) is 9.74. The van der Waals surface area contributed by atoms with E-state index in [-0.39, 0.29) is 6.61 Å². The summed E-state index contributed by atoms with van der Waals surface area (Å²) in [4.78, 5) is 37.9. The molecule has 3 atom stereocenters. The van der Waals surface area contributed by atoms with Gasteiger partial charge in [-0.3, -0.25) is 4.79 Å². The average Bonchev–Trinajstić information content (AvgIpc) is 2.77. The predicted octanol–water partition coefficient (Wildman–Crippen LogP) is 5.01. The van der Waals surface area contributed by atoms with Crippen LogP contribution in [-0.4, -0.2) is 36.9 Å². The van der Waals surface area contributed by atoms with Crippen molar-refractivity contribution in [1.82, 2.24) is 10.6 Å². The molecule has 0 aromatic heterocycles. The fraction of sp³-hybridized carbons (Fsp3) is 0.400. The smallest absolute Gasteiger partial charge is 0.408 e. The maximum Gasteiger partial charge on any atom is 0.408 e. The van der Waals surface area contributed by atoms with Crippen LogP contribution in [0.2, 0.25) is 5.02 Å². The third-order valence-corrected chi connectivity index (χ3v) is 5.08. The highest BCUT2D eigenvalue weighted by atomic mass is 35.5. The summed E-state index contributed by atoms with van der Waals surface area (Å²) in [6.45, 7) is 6.89. The summed E-state index contributed by atoms with van der Waals surface area (Å²) in [5.74, 6) is -1.63. The molecule has 0 aliphatic heterocycles. The van der Waals surface area contributed by atoms with Crippen molar-refractivity contribution in [3.05, 3.63) is 70.7 Å². The number of alkyl carbamates (subject to hydrolysis) is 2. The zero-order valence-corrected chi connectivity index (χ0v) is 20.7. The van der Waals surface area contributed by atoms with Gasteiger partial charge in [0.25, 0.3) is 0 Å². The number of hydrogen-bond acceptors (Lipinski definition) is 6. The highest BCUT2D eigenvalue weighted by Gasteiger charge is 2.38. The summed E-state index contributed by atoms with van der Waals surface area (Å²) < 4.78 is 15.7. The van der Waals surface area contributed by atoms with Crippen LogP contribution < -0.4 is 10.6 Å². The van der Waals surface area contributed by atoms with Gasteiger partial charge in [-0.05, 0) is 51.0 Å². The molecule has 34 heavy (non-hydrogen) atoms. The second-order valence-electron chi connectivity index (χ2n) is 8.72. The van der Waals surface area contributed by atoms with Gasteiger partial charge in [0.2, 0.25) is 0 Å². The topological polar surface area (TPSA) is 103 Å². The molecular weight excluding hydrogens is 460 g/mol. The van der Waals surface area contributed by atoms with E-state index in [9.17, 15) is 14.4 Å². The largest absolute Gasteiger partial charge is 0.469 e. The number of carbonyl (C=O) groups is 3. The Balaban J connectivity index is 2.25. The monoisotopic (exact) mass is 490 g/mol. The summed E-state index contributed by atoms with van der Waals surface area (Å²) in [5.41, 5.74) is 0.651. The van der Waals surface area contributed by atoms with Gasteiger partial charge in [-0.25, -0.2) is 9.59 Å². The van der Waals surface area contributed by atoms with E-state index in [4.69, 9.17) is 25.8 Å². The predicted molar refractivity (Wildman–Crippen MR) is 128 cm³/mol. The van der Waals surface area contributed by atoms with Gasteiger partial charge in [0, 0.05) is 11.1 Å². The molecular formula is C25H31ClN2O6. The SMILES string of the molecule is COC(=O)[C@@H]([C@H](C)NC(=O)OCc1ccccc1)[C@@H](NC(=O)OC(C)(C)C)c1ccc(Cl)cc1. The lowest BCUT2D eigenvalue weighted by Gasteiger charge is -2.32. The minimum Gasteiger partial charge on any atom is -0.469 e. The maximum absolute atomic E-state index is 12.8. The second-order valence-corrected chi connectivity index (χ2v) is 9.16. The number of benzene rings is 2. The molecule has 0 saturated heterocycles. The lowest BCUT2D eigenvalue weighted by Crippen LogP contribution is -2.49. The van der Waals surface area contributed by atoms with Crippen LogP contribution in [0.15, 0.2) is 54.6 Å². The number of methoxy groups -OCH3 is 1. The van der Waals surface area contributed by atoms with E-state index in [1.807, 2.05) is 30.3 Å². The van der Waals surface area contributed by atoms with Crippen molar-refractivity contribution in [3.63, 3.8) is 0 Å². The molecule has 0 saturated carbocycles. The zero-order chi connectivity index (χ0) is 25.3. The Morgan fingerprint density at radius 3 is 2.12 bits per heavy atom. The van der Waals surface area contributed by atoms with Gasteiger partial charge in [-0.2, -0.15) is 0 Å². The Morgan fingerprint density at radius 2 is 1.56 bits per heavy atom. The van der Waals surface area contributed by atoms with Crippen LogP contribution in [0.25, 0.3) is 0 Å². The van der Waals surface area contributed by atoms with E-state index in [2.05, 4.69) is 10.6 Å². The fourth-order valence-corrected chi connectivity index (χ4v) is 3.42. The fourth-order valence-electron chi connectivity index (χ4n) is 3.29. The van der Waals surface area contributed by atoms with Crippen LogP contribution >= 0.6 is 11.6 Å². The summed E-state index contributed by atoms with van der Waals surface area (Å²) in [7, 11) is 1.24. The minimum atomic E-state index is -0.997. The summed E-state index contributed by atoms with van der Waals surface area (Å²) in [6.07, 6.45) is -1.43. The van der Waals surface area contributed by atoms with Crippen molar-refractivity contribution in [1.29, 1.82) is 0 Å². The molecule has 2 amide bonds. The first-order chi connectivity index (χ1) is 16.0. The van der Waals surface area contributed by atoms with Crippen LogP contribution in [0.4, 0.5) is 9.59 Å². The van der Waals surface area contributed by atoms with E-state index in [1.54, 1.807) is 52.0 Å². The van der Waals surface area contributed by atoms with Crippen LogP contribution in [0.3, 0.4) is 0 Å². The summed E-state index contributed by atoms with van der Waals surface area (Å²) in [5, 5.41) is 5.90. The number of hydrogen-bond donors (Lipinski definition) is 2. The second kappa shape index (κ2) is 12.3. The van der Waals surface area contributed by atoms with Crippen molar-refractivity contribution in [2.45, 2.75) is 52.0 Å². The Labute approximate surface area is 204 Å². The molecule has 0 unspecified atom stereocenters. The minimum absolute atomic E-state index is 0.0685.